The topological polar surface area (TPSA) is 74.4 Å². The Morgan fingerprint density at radius 2 is 1.92 bits per heavy atom. The molecule has 0 atom stereocenters. The molecule has 0 aliphatic carbocycles. The number of pyridine rings is 1. The number of aromatic nitrogens is 5. The van der Waals surface area contributed by atoms with Crippen molar-refractivity contribution in [2.75, 3.05) is 13.2 Å². The van der Waals surface area contributed by atoms with Gasteiger partial charge in [0.15, 0.2) is 0 Å². The first-order valence-electron chi connectivity index (χ1n) is 8.53. The molecule has 0 N–H and O–H groups in total. The lowest BCUT2D eigenvalue weighted by Gasteiger charge is -2.20. The number of benzene rings is 1. The number of rotatable bonds is 3. The van der Waals surface area contributed by atoms with Crippen molar-refractivity contribution in [1.82, 2.24) is 24.6 Å². The van der Waals surface area contributed by atoms with Gasteiger partial charge < -0.3 is 9.47 Å². The Kier molecular flexibility index (Phi) is 3.44. The fourth-order valence-electron chi connectivity index (χ4n) is 3.25. The van der Waals surface area contributed by atoms with Crippen LogP contribution in [0, 0.1) is 0 Å². The first-order valence-corrected chi connectivity index (χ1v) is 8.53. The molecule has 0 amide bonds. The SMILES string of the molecule is CC1(c2cnc3ncc(Cc4ccc5ncccc5c4)n3n2)OCCO1. The molecule has 5 rings (SSSR count). The van der Waals surface area contributed by atoms with Crippen molar-refractivity contribution in [3.05, 3.63) is 65.9 Å². The zero-order valence-corrected chi connectivity index (χ0v) is 14.3. The summed E-state index contributed by atoms with van der Waals surface area (Å²) in [7, 11) is 0. The molecule has 0 bridgehead atoms. The van der Waals surface area contributed by atoms with Crippen LogP contribution in [-0.2, 0) is 21.7 Å². The molecule has 1 aliphatic rings. The molecule has 4 aromatic rings. The Balaban J connectivity index is 1.53. The lowest BCUT2D eigenvalue weighted by Crippen LogP contribution is -2.25. The van der Waals surface area contributed by atoms with E-state index in [9.17, 15) is 0 Å². The summed E-state index contributed by atoms with van der Waals surface area (Å²) in [6.07, 6.45) is 5.98. The molecule has 1 aromatic carbocycles. The number of imidazole rings is 1. The number of hydrogen-bond acceptors (Lipinski definition) is 6. The highest BCUT2D eigenvalue weighted by Gasteiger charge is 2.35. The van der Waals surface area contributed by atoms with Crippen molar-refractivity contribution in [2.24, 2.45) is 0 Å². The summed E-state index contributed by atoms with van der Waals surface area (Å²) < 4.78 is 13.1. The summed E-state index contributed by atoms with van der Waals surface area (Å²) in [5, 5.41) is 5.79. The maximum atomic E-state index is 5.69. The van der Waals surface area contributed by atoms with Crippen molar-refractivity contribution in [2.45, 2.75) is 19.1 Å². The highest BCUT2D eigenvalue weighted by molar-refractivity contribution is 5.79. The molecule has 26 heavy (non-hydrogen) atoms. The van der Waals surface area contributed by atoms with E-state index in [0.717, 1.165) is 16.6 Å². The normalized spacial score (nSPS) is 16.5. The fraction of sp³-hybridized carbons (Fsp3) is 0.263. The Morgan fingerprint density at radius 3 is 2.81 bits per heavy atom. The van der Waals surface area contributed by atoms with Crippen LogP contribution < -0.4 is 0 Å². The monoisotopic (exact) mass is 347 g/mol. The largest absolute Gasteiger partial charge is 0.342 e. The summed E-state index contributed by atoms with van der Waals surface area (Å²) in [6, 6.07) is 10.3. The fourth-order valence-corrected chi connectivity index (χ4v) is 3.25. The smallest absolute Gasteiger partial charge is 0.250 e. The van der Waals surface area contributed by atoms with Crippen LogP contribution in [-0.4, -0.2) is 37.8 Å². The average molecular weight is 347 g/mol. The standard InChI is InChI=1S/C19H17N5O2/c1-19(25-7-8-26-19)17-12-22-18-21-11-15(24(18)23-17)10-13-4-5-16-14(9-13)3-2-6-20-16/h2-6,9,11-12H,7-8,10H2,1H3. The van der Waals surface area contributed by atoms with Gasteiger partial charge in [0, 0.05) is 18.0 Å². The number of fused-ring (bicyclic) bond motifs is 2. The van der Waals surface area contributed by atoms with Crippen molar-refractivity contribution < 1.29 is 9.47 Å². The first-order chi connectivity index (χ1) is 12.7. The predicted molar refractivity (Wildman–Crippen MR) is 94.6 cm³/mol. The quantitative estimate of drug-likeness (QED) is 0.567. The molecular formula is C19H17N5O2. The van der Waals surface area contributed by atoms with Crippen LogP contribution in [0.4, 0.5) is 0 Å². The predicted octanol–water partition coefficient (Wildman–Crippen LogP) is 2.48. The number of ether oxygens (including phenoxy) is 2. The van der Waals surface area contributed by atoms with E-state index in [-0.39, 0.29) is 0 Å². The van der Waals surface area contributed by atoms with Crippen LogP contribution in [0.5, 0.6) is 0 Å². The zero-order valence-electron chi connectivity index (χ0n) is 14.3. The van der Waals surface area contributed by atoms with E-state index in [4.69, 9.17) is 9.47 Å². The van der Waals surface area contributed by atoms with E-state index < -0.39 is 5.79 Å². The first kappa shape index (κ1) is 15.4. The minimum Gasteiger partial charge on any atom is -0.342 e. The van der Waals surface area contributed by atoms with Gasteiger partial charge in [-0.3, -0.25) is 4.98 Å². The van der Waals surface area contributed by atoms with E-state index in [1.165, 1.54) is 5.56 Å². The summed E-state index contributed by atoms with van der Waals surface area (Å²) in [4.78, 5) is 13.1. The lowest BCUT2D eigenvalue weighted by atomic mass is 10.1. The Labute approximate surface area is 149 Å². The molecule has 1 aliphatic heterocycles. The van der Waals surface area contributed by atoms with Crippen molar-refractivity contribution in [3.8, 4) is 0 Å². The third-order valence-electron chi connectivity index (χ3n) is 4.66. The van der Waals surface area contributed by atoms with E-state index in [0.29, 0.717) is 31.1 Å². The molecule has 0 radical (unpaired) electrons. The Hall–Kier alpha value is -2.90. The Bertz CT molecular complexity index is 1100. The van der Waals surface area contributed by atoms with Crippen LogP contribution in [0.25, 0.3) is 16.7 Å². The van der Waals surface area contributed by atoms with Crippen LogP contribution >= 0.6 is 0 Å². The minimum absolute atomic E-state index is 0.554. The summed E-state index contributed by atoms with van der Waals surface area (Å²) in [5.74, 6) is -0.287. The van der Waals surface area contributed by atoms with Gasteiger partial charge in [-0.15, -0.1) is 0 Å². The molecule has 7 nitrogen and oxygen atoms in total. The van der Waals surface area contributed by atoms with Gasteiger partial charge in [-0.05, 0) is 30.7 Å². The Morgan fingerprint density at radius 1 is 1.08 bits per heavy atom. The van der Waals surface area contributed by atoms with E-state index >= 15 is 0 Å². The summed E-state index contributed by atoms with van der Waals surface area (Å²) >= 11 is 0. The third kappa shape index (κ3) is 2.53. The van der Waals surface area contributed by atoms with Gasteiger partial charge in [0.1, 0.15) is 5.69 Å². The molecular weight excluding hydrogens is 330 g/mol. The van der Waals surface area contributed by atoms with Gasteiger partial charge in [-0.2, -0.15) is 5.10 Å². The van der Waals surface area contributed by atoms with Gasteiger partial charge in [0.05, 0.1) is 36.8 Å². The maximum Gasteiger partial charge on any atom is 0.250 e. The molecule has 0 saturated carbocycles. The second-order valence-electron chi connectivity index (χ2n) is 6.45. The molecule has 7 heteroatoms. The van der Waals surface area contributed by atoms with E-state index in [1.807, 2.05) is 25.3 Å². The molecule has 130 valence electrons. The average Bonchev–Trinajstić information content (AvgIpc) is 3.29. The molecule has 0 spiro atoms. The molecule has 1 saturated heterocycles. The third-order valence-corrected chi connectivity index (χ3v) is 4.66. The summed E-state index contributed by atoms with van der Waals surface area (Å²) in [5.41, 5.74) is 3.75. The van der Waals surface area contributed by atoms with Gasteiger partial charge in [0.25, 0.3) is 5.78 Å². The highest BCUT2D eigenvalue weighted by Crippen LogP contribution is 2.29. The van der Waals surface area contributed by atoms with Crippen LogP contribution in [0.1, 0.15) is 23.9 Å². The molecule has 1 fully saturated rings. The van der Waals surface area contributed by atoms with Crippen molar-refractivity contribution in [1.29, 1.82) is 0 Å². The van der Waals surface area contributed by atoms with Crippen molar-refractivity contribution >= 4 is 16.7 Å². The maximum absolute atomic E-state index is 5.69. The lowest BCUT2D eigenvalue weighted by molar-refractivity contribution is -0.153. The number of nitrogens with zero attached hydrogens (tertiary/aromatic N) is 5. The van der Waals surface area contributed by atoms with Crippen LogP contribution in [0.15, 0.2) is 48.9 Å². The van der Waals surface area contributed by atoms with Crippen LogP contribution in [0.2, 0.25) is 0 Å². The molecule has 3 aromatic heterocycles. The van der Waals surface area contributed by atoms with Gasteiger partial charge in [-0.25, -0.2) is 14.5 Å². The highest BCUT2D eigenvalue weighted by atomic mass is 16.7. The second-order valence-corrected chi connectivity index (χ2v) is 6.45. The van der Waals surface area contributed by atoms with Gasteiger partial charge in [0.2, 0.25) is 5.79 Å². The number of hydrogen-bond donors (Lipinski definition) is 0. The molecule has 4 heterocycles. The zero-order chi connectivity index (χ0) is 17.6. The van der Waals surface area contributed by atoms with Gasteiger partial charge in [-0.1, -0.05) is 12.1 Å². The van der Waals surface area contributed by atoms with Crippen molar-refractivity contribution in [3.63, 3.8) is 0 Å². The van der Waals surface area contributed by atoms with Gasteiger partial charge >= 0.3 is 0 Å². The second kappa shape index (κ2) is 5.82. The minimum atomic E-state index is -0.850. The molecule has 0 unspecified atom stereocenters. The van der Waals surface area contributed by atoms with Crippen LogP contribution in [0.3, 0.4) is 0 Å². The summed E-state index contributed by atoms with van der Waals surface area (Å²) in [6.45, 7) is 2.97. The van der Waals surface area contributed by atoms with E-state index in [2.05, 4.69) is 38.2 Å². The van der Waals surface area contributed by atoms with E-state index in [1.54, 1.807) is 16.9 Å².